The molecule has 2 N–H and O–H groups in total. The Morgan fingerprint density at radius 2 is 1.84 bits per heavy atom. The van der Waals surface area contributed by atoms with E-state index in [0.29, 0.717) is 48.0 Å². The number of sulfone groups is 1. The van der Waals surface area contributed by atoms with Gasteiger partial charge in [-0.2, -0.15) is 5.10 Å². The van der Waals surface area contributed by atoms with E-state index in [1.807, 2.05) is 52.0 Å². The van der Waals surface area contributed by atoms with Gasteiger partial charge >= 0.3 is 5.97 Å². The number of nitrogens with zero attached hydrogens (tertiary/aromatic N) is 3. The van der Waals surface area contributed by atoms with Crippen LogP contribution >= 0.6 is 0 Å². The molecule has 9 nitrogen and oxygen atoms in total. The molecule has 0 radical (unpaired) electrons. The molecule has 6 rings (SSSR count). The summed E-state index contributed by atoms with van der Waals surface area (Å²) in [5.74, 6) is -1.66. The number of hydrogen-bond donors (Lipinski definition) is 2. The van der Waals surface area contributed by atoms with E-state index in [1.165, 1.54) is 24.3 Å². The molecule has 3 aromatic carbocycles. The summed E-state index contributed by atoms with van der Waals surface area (Å²) in [6.45, 7) is 9.87. The summed E-state index contributed by atoms with van der Waals surface area (Å²) in [7, 11) is -3.60. The van der Waals surface area contributed by atoms with Gasteiger partial charge in [-0.25, -0.2) is 26.9 Å². The molecular formula is C39H44F2N4O5S. The Kier molecular flexibility index (Phi) is 9.84. The first kappa shape index (κ1) is 36.2. The van der Waals surface area contributed by atoms with E-state index in [9.17, 15) is 18.3 Å². The van der Waals surface area contributed by atoms with Gasteiger partial charge in [0.1, 0.15) is 17.4 Å². The number of aromatic nitrogens is 4. The highest BCUT2D eigenvalue weighted by molar-refractivity contribution is 7.91. The monoisotopic (exact) mass is 718 g/mol. The van der Waals surface area contributed by atoms with Gasteiger partial charge in [-0.3, -0.25) is 4.79 Å². The molecule has 0 saturated heterocycles. The third-order valence-corrected chi connectivity index (χ3v) is 11.9. The zero-order valence-corrected chi connectivity index (χ0v) is 30.4. The Bertz CT molecular complexity index is 2210. The number of benzene rings is 3. The second-order valence-corrected chi connectivity index (χ2v) is 17.1. The van der Waals surface area contributed by atoms with Gasteiger partial charge in [0.05, 0.1) is 22.5 Å². The van der Waals surface area contributed by atoms with Crippen LogP contribution in [0.1, 0.15) is 88.9 Å². The normalized spacial score (nSPS) is 19.2. The zero-order valence-electron chi connectivity index (χ0n) is 29.6. The highest BCUT2D eigenvalue weighted by Gasteiger charge is 2.37. The summed E-state index contributed by atoms with van der Waals surface area (Å²) in [4.78, 5) is 19.4. The summed E-state index contributed by atoms with van der Waals surface area (Å²) in [6.07, 6.45) is 3.80. The van der Waals surface area contributed by atoms with Crippen molar-refractivity contribution in [3.8, 4) is 22.9 Å². The maximum atomic E-state index is 15.7. The minimum atomic E-state index is -3.60. The van der Waals surface area contributed by atoms with Gasteiger partial charge in [-0.05, 0) is 87.3 Å². The van der Waals surface area contributed by atoms with Crippen LogP contribution in [0, 0.1) is 17.0 Å². The Labute approximate surface area is 297 Å². The van der Waals surface area contributed by atoms with Gasteiger partial charge in [0, 0.05) is 41.2 Å². The standard InChI is InChI=1S/C39H44F2N4O5S/c1-24(2)45-37-39(5,26-9-6-8-25(20-26)10-13-34(46)47)17-7-16-38(3,4)23-51(48,49)19-15-29-28-14-18-42-33(28)22-32(41)35(29)50-27-11-12-31(40)30(21-27)36(43-37)44-45/h6,8-9,11-12,14,18,20-22,24,42H,7,10,13,15-17,19,23H2,1-5H3,(H,46,47). The molecule has 0 amide bonds. The minimum absolute atomic E-state index is 0.0166. The number of aromatic amines is 1. The van der Waals surface area contributed by atoms with Gasteiger partial charge in [0.25, 0.3) is 0 Å². The SMILES string of the molecule is CC(C)n1nc2nc1C(C)(c1cccc(CCC(=O)O)c1)CCCC(C)(C)CS(=O)(=O)CCc1c(c(F)cc3[nH]ccc13)Oc1ccc(F)c-2c1. The van der Waals surface area contributed by atoms with Crippen LogP contribution < -0.4 is 4.74 Å². The summed E-state index contributed by atoms with van der Waals surface area (Å²) < 4.78 is 66.7. The van der Waals surface area contributed by atoms with Gasteiger partial charge in [0.15, 0.2) is 27.2 Å². The summed E-state index contributed by atoms with van der Waals surface area (Å²) >= 11 is 0. The first-order chi connectivity index (χ1) is 24.0. The van der Waals surface area contributed by atoms with Crippen molar-refractivity contribution in [1.29, 1.82) is 0 Å². The quantitative estimate of drug-likeness (QED) is 0.186. The number of fused-ring (bicyclic) bond motifs is 8. The third-order valence-electron chi connectivity index (χ3n) is 9.87. The predicted molar refractivity (Wildman–Crippen MR) is 193 cm³/mol. The van der Waals surface area contributed by atoms with Crippen molar-refractivity contribution in [3.05, 3.63) is 94.9 Å². The van der Waals surface area contributed by atoms with Gasteiger partial charge in [0.2, 0.25) is 0 Å². The number of aliphatic carboxylic acids is 1. The largest absolute Gasteiger partial charge is 0.481 e. The molecule has 0 saturated carbocycles. The lowest BCUT2D eigenvalue weighted by Crippen LogP contribution is -2.31. The molecule has 3 heterocycles. The number of carboxylic acids is 1. The molecule has 1 atom stereocenters. The van der Waals surface area contributed by atoms with E-state index < -0.39 is 38.3 Å². The van der Waals surface area contributed by atoms with E-state index >= 15 is 8.78 Å². The van der Waals surface area contributed by atoms with Crippen LogP contribution in [0.2, 0.25) is 0 Å². The number of ether oxygens (including phenoxy) is 1. The number of carboxylic acid groups (broad SMARTS) is 1. The van der Waals surface area contributed by atoms with E-state index in [4.69, 9.17) is 14.8 Å². The van der Waals surface area contributed by atoms with E-state index in [1.54, 1.807) is 16.9 Å². The van der Waals surface area contributed by atoms with Crippen molar-refractivity contribution < 1.29 is 31.8 Å². The Balaban J connectivity index is 1.54. The summed E-state index contributed by atoms with van der Waals surface area (Å²) in [5.41, 5.74) is 1.39. The van der Waals surface area contributed by atoms with Crippen molar-refractivity contribution in [3.63, 3.8) is 0 Å². The molecule has 1 aliphatic rings. The minimum Gasteiger partial charge on any atom is -0.481 e. The molecule has 12 heteroatoms. The molecule has 270 valence electrons. The van der Waals surface area contributed by atoms with Crippen LogP contribution in [-0.2, 0) is 32.9 Å². The highest BCUT2D eigenvalue weighted by atomic mass is 32.2. The molecular weight excluding hydrogens is 675 g/mol. The van der Waals surface area contributed by atoms with Crippen molar-refractivity contribution in [1.82, 2.24) is 19.7 Å². The molecule has 0 spiro atoms. The number of rotatable bonds is 5. The number of halogens is 2. The van der Waals surface area contributed by atoms with Crippen LogP contribution in [0.15, 0.2) is 60.8 Å². The van der Waals surface area contributed by atoms with Crippen LogP contribution in [-0.4, -0.2) is 50.7 Å². The third kappa shape index (κ3) is 7.71. The van der Waals surface area contributed by atoms with Crippen molar-refractivity contribution in [2.75, 3.05) is 11.5 Å². The molecule has 1 aliphatic heterocycles. The van der Waals surface area contributed by atoms with Gasteiger partial charge in [-0.15, -0.1) is 0 Å². The lowest BCUT2D eigenvalue weighted by molar-refractivity contribution is -0.136. The first-order valence-corrected chi connectivity index (χ1v) is 19.1. The van der Waals surface area contributed by atoms with Crippen LogP contribution in [0.25, 0.3) is 22.3 Å². The van der Waals surface area contributed by atoms with Crippen LogP contribution in [0.3, 0.4) is 0 Å². The summed E-state index contributed by atoms with van der Waals surface area (Å²) in [5, 5.41) is 14.8. The lowest BCUT2D eigenvalue weighted by atomic mass is 9.75. The fraction of sp³-hybridized carbons (Fsp3) is 0.410. The molecule has 0 aliphatic carbocycles. The number of nitrogens with one attached hydrogen (secondary N) is 1. The number of hydrogen-bond acceptors (Lipinski definition) is 6. The van der Waals surface area contributed by atoms with Crippen molar-refractivity contribution in [2.45, 2.75) is 84.6 Å². The molecule has 5 aromatic rings. The molecule has 51 heavy (non-hydrogen) atoms. The van der Waals surface area contributed by atoms with Crippen molar-refractivity contribution >= 4 is 26.7 Å². The van der Waals surface area contributed by atoms with E-state index in [-0.39, 0.29) is 53.3 Å². The predicted octanol–water partition coefficient (Wildman–Crippen LogP) is 8.57. The van der Waals surface area contributed by atoms with Crippen molar-refractivity contribution in [2.24, 2.45) is 5.41 Å². The number of carbonyl (C=O) groups is 1. The number of aryl methyl sites for hydroxylation is 2. The Morgan fingerprint density at radius 1 is 1.06 bits per heavy atom. The molecule has 2 aromatic heterocycles. The average molecular weight is 719 g/mol. The molecule has 4 bridgehead atoms. The van der Waals surface area contributed by atoms with Gasteiger partial charge in [-0.1, -0.05) is 44.5 Å². The average Bonchev–Trinajstić information content (AvgIpc) is 3.72. The van der Waals surface area contributed by atoms with E-state index in [0.717, 1.165) is 11.1 Å². The Hall–Kier alpha value is -4.58. The smallest absolute Gasteiger partial charge is 0.303 e. The Morgan fingerprint density at radius 3 is 2.59 bits per heavy atom. The second-order valence-electron chi connectivity index (χ2n) is 14.9. The topological polar surface area (TPSA) is 127 Å². The fourth-order valence-corrected chi connectivity index (χ4v) is 9.23. The zero-order chi connectivity index (χ0) is 36.7. The fourth-order valence-electron chi connectivity index (χ4n) is 7.24. The first-order valence-electron chi connectivity index (χ1n) is 17.3. The lowest BCUT2D eigenvalue weighted by Gasteiger charge is -2.33. The second kappa shape index (κ2) is 13.9. The van der Waals surface area contributed by atoms with E-state index in [2.05, 4.69) is 11.9 Å². The number of H-pyrrole nitrogens is 1. The van der Waals surface area contributed by atoms with Crippen LogP contribution in [0.4, 0.5) is 8.78 Å². The molecule has 0 fully saturated rings. The summed E-state index contributed by atoms with van der Waals surface area (Å²) in [6, 6.07) is 14.7. The molecule has 1 unspecified atom stereocenters. The highest BCUT2D eigenvalue weighted by Crippen LogP contribution is 2.42. The maximum Gasteiger partial charge on any atom is 0.303 e. The van der Waals surface area contributed by atoms with Gasteiger partial charge < -0.3 is 14.8 Å². The maximum absolute atomic E-state index is 15.7. The van der Waals surface area contributed by atoms with Crippen LogP contribution in [0.5, 0.6) is 11.5 Å².